The Morgan fingerprint density at radius 1 is 1.47 bits per heavy atom. The SMILES string of the molecule is CCNC(c1c(OC)cnn1C)C(OCC)C1CC1. The second-order valence-corrected chi connectivity index (χ2v) is 5.01. The van der Waals surface area contributed by atoms with E-state index in [0.29, 0.717) is 5.92 Å². The minimum atomic E-state index is 0.139. The van der Waals surface area contributed by atoms with Crippen LogP contribution in [0.4, 0.5) is 0 Å². The van der Waals surface area contributed by atoms with Crippen molar-refractivity contribution in [3.63, 3.8) is 0 Å². The number of aromatic nitrogens is 2. The van der Waals surface area contributed by atoms with Crippen LogP contribution in [-0.4, -0.2) is 36.1 Å². The molecule has 1 aromatic heterocycles. The van der Waals surface area contributed by atoms with Gasteiger partial charge in [0.2, 0.25) is 0 Å². The summed E-state index contributed by atoms with van der Waals surface area (Å²) in [7, 11) is 3.65. The number of nitrogens with zero attached hydrogens (tertiary/aromatic N) is 2. The van der Waals surface area contributed by atoms with E-state index in [1.807, 2.05) is 11.7 Å². The third-order valence-corrected chi connectivity index (χ3v) is 3.66. The van der Waals surface area contributed by atoms with Gasteiger partial charge in [-0.3, -0.25) is 4.68 Å². The molecule has 1 heterocycles. The lowest BCUT2D eigenvalue weighted by Crippen LogP contribution is -2.37. The highest BCUT2D eigenvalue weighted by atomic mass is 16.5. The van der Waals surface area contributed by atoms with E-state index < -0.39 is 0 Å². The van der Waals surface area contributed by atoms with Crippen LogP contribution in [0.5, 0.6) is 5.75 Å². The van der Waals surface area contributed by atoms with Gasteiger partial charge in [-0.1, -0.05) is 6.92 Å². The Morgan fingerprint density at radius 3 is 2.74 bits per heavy atom. The molecule has 0 aliphatic heterocycles. The molecule has 0 aromatic carbocycles. The minimum Gasteiger partial charge on any atom is -0.493 e. The number of aryl methyl sites for hydroxylation is 1. The number of hydrogen-bond acceptors (Lipinski definition) is 4. The molecule has 1 aliphatic carbocycles. The van der Waals surface area contributed by atoms with Crippen molar-refractivity contribution in [2.24, 2.45) is 13.0 Å². The second kappa shape index (κ2) is 6.39. The second-order valence-electron chi connectivity index (χ2n) is 5.01. The van der Waals surface area contributed by atoms with Gasteiger partial charge in [-0.15, -0.1) is 0 Å². The summed E-state index contributed by atoms with van der Waals surface area (Å²) in [5.41, 5.74) is 1.08. The monoisotopic (exact) mass is 267 g/mol. The first kappa shape index (κ1) is 14.3. The van der Waals surface area contributed by atoms with Crippen LogP contribution in [0.25, 0.3) is 0 Å². The Morgan fingerprint density at radius 2 is 2.21 bits per heavy atom. The van der Waals surface area contributed by atoms with Crippen molar-refractivity contribution in [2.75, 3.05) is 20.3 Å². The van der Waals surface area contributed by atoms with Crippen molar-refractivity contribution in [1.29, 1.82) is 0 Å². The number of methoxy groups -OCH3 is 1. The fourth-order valence-corrected chi connectivity index (χ4v) is 2.65. The summed E-state index contributed by atoms with van der Waals surface area (Å²) in [6.45, 7) is 5.81. The molecule has 0 radical (unpaired) electrons. The number of nitrogens with one attached hydrogen (secondary N) is 1. The molecule has 5 nitrogen and oxygen atoms in total. The Labute approximate surface area is 115 Å². The first-order valence-corrected chi connectivity index (χ1v) is 7.13. The van der Waals surface area contributed by atoms with Gasteiger partial charge in [0.25, 0.3) is 0 Å². The highest BCUT2D eigenvalue weighted by Gasteiger charge is 2.40. The van der Waals surface area contributed by atoms with Crippen LogP contribution in [0.15, 0.2) is 6.20 Å². The van der Waals surface area contributed by atoms with E-state index in [1.165, 1.54) is 12.8 Å². The minimum absolute atomic E-state index is 0.139. The van der Waals surface area contributed by atoms with E-state index in [9.17, 15) is 0 Å². The van der Waals surface area contributed by atoms with E-state index in [1.54, 1.807) is 13.3 Å². The number of ether oxygens (including phenoxy) is 2. The summed E-state index contributed by atoms with van der Waals surface area (Å²) < 4.78 is 13.3. The highest BCUT2D eigenvalue weighted by molar-refractivity contribution is 5.29. The fourth-order valence-electron chi connectivity index (χ4n) is 2.65. The van der Waals surface area contributed by atoms with Crippen LogP contribution in [-0.2, 0) is 11.8 Å². The standard InChI is InChI=1S/C14H25N3O2/c1-5-15-12(14(19-6-2)10-7-8-10)13-11(18-4)9-16-17(13)3/h9-10,12,14-15H,5-8H2,1-4H3. The lowest BCUT2D eigenvalue weighted by molar-refractivity contribution is 0.0164. The van der Waals surface area contributed by atoms with Crippen molar-refractivity contribution in [3.05, 3.63) is 11.9 Å². The molecule has 0 saturated heterocycles. The third kappa shape index (κ3) is 3.09. The Bertz CT molecular complexity index is 401. The molecule has 1 saturated carbocycles. The predicted octanol–water partition coefficient (Wildman–Crippen LogP) is 1.89. The maximum Gasteiger partial charge on any atom is 0.161 e. The van der Waals surface area contributed by atoms with Gasteiger partial charge in [0.05, 0.1) is 31.1 Å². The van der Waals surface area contributed by atoms with Crippen molar-refractivity contribution in [1.82, 2.24) is 15.1 Å². The molecule has 5 heteroatoms. The molecule has 2 unspecified atom stereocenters. The molecule has 1 aromatic rings. The largest absolute Gasteiger partial charge is 0.493 e. The average molecular weight is 267 g/mol. The molecule has 0 bridgehead atoms. The molecule has 2 atom stereocenters. The Kier molecular flexibility index (Phi) is 4.82. The molecule has 0 spiro atoms. The average Bonchev–Trinajstić information content (AvgIpc) is 3.17. The Balaban J connectivity index is 2.28. The third-order valence-electron chi connectivity index (χ3n) is 3.66. The van der Waals surface area contributed by atoms with E-state index in [4.69, 9.17) is 9.47 Å². The maximum absolute atomic E-state index is 6.00. The first-order chi connectivity index (χ1) is 9.22. The smallest absolute Gasteiger partial charge is 0.161 e. The summed E-state index contributed by atoms with van der Waals surface area (Å²) in [4.78, 5) is 0. The maximum atomic E-state index is 6.00. The Hall–Kier alpha value is -1.07. The molecule has 1 aliphatic rings. The van der Waals surface area contributed by atoms with Gasteiger partial charge in [-0.05, 0) is 32.2 Å². The summed E-state index contributed by atoms with van der Waals surface area (Å²) in [6, 6.07) is 0.139. The van der Waals surface area contributed by atoms with Crippen LogP contribution >= 0.6 is 0 Å². The van der Waals surface area contributed by atoms with E-state index in [-0.39, 0.29) is 12.1 Å². The zero-order valence-corrected chi connectivity index (χ0v) is 12.3. The van der Waals surface area contributed by atoms with E-state index in [2.05, 4.69) is 24.3 Å². The van der Waals surface area contributed by atoms with Crippen LogP contribution in [0.3, 0.4) is 0 Å². The molecular weight excluding hydrogens is 242 g/mol. The van der Waals surface area contributed by atoms with Gasteiger partial charge in [-0.2, -0.15) is 5.10 Å². The van der Waals surface area contributed by atoms with Crippen molar-refractivity contribution >= 4 is 0 Å². The van der Waals surface area contributed by atoms with Crippen molar-refractivity contribution < 1.29 is 9.47 Å². The van der Waals surface area contributed by atoms with Crippen LogP contribution < -0.4 is 10.1 Å². The first-order valence-electron chi connectivity index (χ1n) is 7.13. The molecule has 1 N–H and O–H groups in total. The molecular formula is C14H25N3O2. The zero-order chi connectivity index (χ0) is 13.8. The van der Waals surface area contributed by atoms with Gasteiger partial charge < -0.3 is 14.8 Å². The molecule has 19 heavy (non-hydrogen) atoms. The summed E-state index contributed by atoms with van der Waals surface area (Å²) in [5, 5.41) is 7.85. The van der Waals surface area contributed by atoms with Crippen molar-refractivity contribution in [2.45, 2.75) is 38.8 Å². The van der Waals surface area contributed by atoms with Gasteiger partial charge >= 0.3 is 0 Å². The molecule has 1 fully saturated rings. The van der Waals surface area contributed by atoms with Crippen LogP contribution in [0, 0.1) is 5.92 Å². The fraction of sp³-hybridized carbons (Fsp3) is 0.786. The van der Waals surface area contributed by atoms with Crippen molar-refractivity contribution in [3.8, 4) is 5.75 Å². The quantitative estimate of drug-likeness (QED) is 0.781. The van der Waals surface area contributed by atoms with Gasteiger partial charge in [-0.25, -0.2) is 0 Å². The number of hydrogen-bond donors (Lipinski definition) is 1. The van der Waals surface area contributed by atoms with E-state index in [0.717, 1.165) is 24.6 Å². The van der Waals surface area contributed by atoms with Gasteiger partial charge in [0.15, 0.2) is 5.75 Å². The topological polar surface area (TPSA) is 48.3 Å². The van der Waals surface area contributed by atoms with Gasteiger partial charge in [0.1, 0.15) is 0 Å². The summed E-state index contributed by atoms with van der Waals surface area (Å²) in [5.74, 6) is 1.49. The van der Waals surface area contributed by atoms with Crippen LogP contribution in [0.1, 0.15) is 38.4 Å². The van der Waals surface area contributed by atoms with Crippen LogP contribution in [0.2, 0.25) is 0 Å². The predicted molar refractivity (Wildman–Crippen MR) is 74.3 cm³/mol. The summed E-state index contributed by atoms with van der Waals surface area (Å²) >= 11 is 0. The number of rotatable bonds is 8. The van der Waals surface area contributed by atoms with E-state index >= 15 is 0 Å². The molecule has 108 valence electrons. The highest BCUT2D eigenvalue weighted by Crippen LogP contribution is 2.41. The molecule has 0 amide bonds. The lowest BCUT2D eigenvalue weighted by atomic mass is 10.0. The lowest BCUT2D eigenvalue weighted by Gasteiger charge is -2.28. The zero-order valence-electron chi connectivity index (χ0n) is 12.3. The molecule has 2 rings (SSSR count). The summed E-state index contributed by atoms with van der Waals surface area (Å²) in [6.07, 6.45) is 4.49. The normalized spacial score (nSPS) is 18.3. The number of likely N-dealkylation sites (N-methyl/N-ethyl adjacent to an activating group) is 1. The van der Waals surface area contributed by atoms with Gasteiger partial charge in [0, 0.05) is 13.7 Å².